The summed E-state index contributed by atoms with van der Waals surface area (Å²) in [5, 5.41) is 28.3. The van der Waals surface area contributed by atoms with E-state index in [1.807, 2.05) is 13.8 Å². The molecule has 0 saturated carbocycles. The molecular formula is C20H24O5. The van der Waals surface area contributed by atoms with E-state index in [1.165, 1.54) is 5.56 Å². The Morgan fingerprint density at radius 1 is 0.960 bits per heavy atom. The topological polar surface area (TPSA) is 87.0 Å². The Hall–Kier alpha value is -2.69. The molecule has 0 spiro atoms. The van der Waals surface area contributed by atoms with Crippen molar-refractivity contribution in [3.8, 4) is 17.2 Å². The van der Waals surface area contributed by atoms with Crippen LogP contribution in [0, 0.1) is 13.8 Å². The number of ether oxygens (including phenoxy) is 1. The number of esters is 1. The van der Waals surface area contributed by atoms with Gasteiger partial charge in [-0.05, 0) is 53.6 Å². The molecule has 0 unspecified atom stereocenters. The van der Waals surface area contributed by atoms with Gasteiger partial charge in [0.2, 0.25) is 0 Å². The van der Waals surface area contributed by atoms with Crippen LogP contribution in [0.4, 0.5) is 0 Å². The van der Waals surface area contributed by atoms with E-state index in [0.29, 0.717) is 0 Å². The fourth-order valence-electron chi connectivity index (χ4n) is 2.60. The van der Waals surface area contributed by atoms with Gasteiger partial charge < -0.3 is 20.1 Å². The van der Waals surface area contributed by atoms with Crippen molar-refractivity contribution in [3.63, 3.8) is 0 Å². The lowest BCUT2D eigenvalue weighted by atomic mass is 9.84. The number of aryl methyl sites for hydroxylation is 2. The van der Waals surface area contributed by atoms with Crippen molar-refractivity contribution in [3.05, 3.63) is 52.1 Å². The molecule has 25 heavy (non-hydrogen) atoms. The Labute approximate surface area is 147 Å². The first kappa shape index (κ1) is 18.6. The molecule has 2 rings (SSSR count). The quantitative estimate of drug-likeness (QED) is 0.577. The standard InChI is InChI=1S/C20H24O5/c1-11-6-14(20(3,4)5)7-12(2)15(11)10-25-19(24)13-8-16(21)18(23)17(22)9-13/h6-9,21-23H,10H2,1-5H3. The van der Waals surface area contributed by atoms with Gasteiger partial charge in [-0.15, -0.1) is 0 Å². The highest BCUT2D eigenvalue weighted by molar-refractivity contribution is 5.91. The molecule has 5 nitrogen and oxygen atoms in total. The maximum Gasteiger partial charge on any atom is 0.338 e. The van der Waals surface area contributed by atoms with Gasteiger partial charge in [0.05, 0.1) is 5.56 Å². The molecule has 3 N–H and O–H groups in total. The van der Waals surface area contributed by atoms with Crippen LogP contribution in [0.1, 0.15) is 53.4 Å². The predicted molar refractivity (Wildman–Crippen MR) is 95.2 cm³/mol. The van der Waals surface area contributed by atoms with E-state index in [4.69, 9.17) is 4.74 Å². The van der Waals surface area contributed by atoms with Crippen LogP contribution in [0.25, 0.3) is 0 Å². The van der Waals surface area contributed by atoms with Crippen LogP contribution in [0.2, 0.25) is 0 Å². The summed E-state index contributed by atoms with van der Waals surface area (Å²) in [7, 11) is 0. The van der Waals surface area contributed by atoms with Gasteiger partial charge >= 0.3 is 5.97 Å². The summed E-state index contributed by atoms with van der Waals surface area (Å²) < 4.78 is 5.31. The molecule has 134 valence electrons. The molecule has 0 aliphatic carbocycles. The van der Waals surface area contributed by atoms with Crippen molar-refractivity contribution in [2.75, 3.05) is 0 Å². The molecule has 0 radical (unpaired) electrons. The molecular weight excluding hydrogens is 320 g/mol. The number of phenolic OH excluding ortho intramolecular Hbond substituents is 3. The van der Waals surface area contributed by atoms with Crippen LogP contribution in [0.3, 0.4) is 0 Å². The van der Waals surface area contributed by atoms with Gasteiger partial charge in [0, 0.05) is 0 Å². The second-order valence-corrected chi connectivity index (χ2v) is 7.28. The van der Waals surface area contributed by atoms with E-state index in [0.717, 1.165) is 28.8 Å². The Bertz CT molecular complexity index is 769. The highest BCUT2D eigenvalue weighted by Crippen LogP contribution is 2.35. The van der Waals surface area contributed by atoms with Crippen LogP contribution >= 0.6 is 0 Å². The minimum absolute atomic E-state index is 0.0329. The number of rotatable bonds is 3. The Morgan fingerprint density at radius 2 is 1.44 bits per heavy atom. The van der Waals surface area contributed by atoms with Gasteiger partial charge in [-0.25, -0.2) is 4.79 Å². The molecule has 5 heteroatoms. The monoisotopic (exact) mass is 344 g/mol. The van der Waals surface area contributed by atoms with Crippen molar-refractivity contribution < 1.29 is 24.9 Å². The van der Waals surface area contributed by atoms with Gasteiger partial charge in [-0.3, -0.25) is 0 Å². The third kappa shape index (κ3) is 4.05. The maximum atomic E-state index is 12.2. The van der Waals surface area contributed by atoms with E-state index in [9.17, 15) is 20.1 Å². The minimum Gasteiger partial charge on any atom is -0.504 e. The molecule has 0 amide bonds. The number of hydrogen-bond acceptors (Lipinski definition) is 5. The SMILES string of the molecule is Cc1cc(C(C)(C)C)cc(C)c1COC(=O)c1cc(O)c(O)c(O)c1. The summed E-state index contributed by atoms with van der Waals surface area (Å²) in [5.74, 6) is -2.51. The predicted octanol–water partition coefficient (Wildman–Crippen LogP) is 4.07. The van der Waals surface area contributed by atoms with Crippen molar-refractivity contribution in [2.24, 2.45) is 0 Å². The first-order valence-electron chi connectivity index (χ1n) is 8.03. The summed E-state index contributed by atoms with van der Waals surface area (Å²) in [6.45, 7) is 10.5. The molecule has 0 heterocycles. The van der Waals surface area contributed by atoms with Crippen molar-refractivity contribution in [1.29, 1.82) is 0 Å². The lowest BCUT2D eigenvalue weighted by Crippen LogP contribution is -2.13. The van der Waals surface area contributed by atoms with Crippen LogP contribution < -0.4 is 0 Å². The van der Waals surface area contributed by atoms with Gasteiger partial charge in [0.25, 0.3) is 0 Å². The van der Waals surface area contributed by atoms with Crippen molar-refractivity contribution in [1.82, 2.24) is 0 Å². The lowest BCUT2D eigenvalue weighted by Gasteiger charge is -2.22. The zero-order valence-electron chi connectivity index (χ0n) is 15.2. The molecule has 0 aliphatic heterocycles. The van der Waals surface area contributed by atoms with E-state index >= 15 is 0 Å². The summed E-state index contributed by atoms with van der Waals surface area (Å²) in [5.41, 5.74) is 4.21. The van der Waals surface area contributed by atoms with E-state index in [-0.39, 0.29) is 17.6 Å². The highest BCUT2D eigenvalue weighted by Gasteiger charge is 2.18. The third-order valence-electron chi connectivity index (χ3n) is 4.22. The first-order chi connectivity index (χ1) is 11.5. The Morgan fingerprint density at radius 3 is 1.88 bits per heavy atom. The zero-order chi connectivity index (χ0) is 18.9. The molecule has 0 fully saturated rings. The van der Waals surface area contributed by atoms with Crippen LogP contribution in [-0.2, 0) is 16.8 Å². The minimum atomic E-state index is -0.690. The lowest BCUT2D eigenvalue weighted by molar-refractivity contribution is 0.0470. The third-order valence-corrected chi connectivity index (χ3v) is 4.22. The van der Waals surface area contributed by atoms with Crippen LogP contribution in [0.15, 0.2) is 24.3 Å². The van der Waals surface area contributed by atoms with E-state index < -0.39 is 23.2 Å². The smallest absolute Gasteiger partial charge is 0.338 e. The van der Waals surface area contributed by atoms with Gasteiger partial charge in [0.15, 0.2) is 17.2 Å². The van der Waals surface area contributed by atoms with Gasteiger partial charge in [-0.2, -0.15) is 0 Å². The average Bonchev–Trinajstić information content (AvgIpc) is 2.49. The van der Waals surface area contributed by atoms with Crippen molar-refractivity contribution >= 4 is 5.97 Å². The number of hydrogen-bond donors (Lipinski definition) is 3. The molecule has 0 bridgehead atoms. The second kappa shape index (κ2) is 6.67. The Balaban J connectivity index is 2.20. The maximum absolute atomic E-state index is 12.2. The second-order valence-electron chi connectivity index (χ2n) is 7.28. The van der Waals surface area contributed by atoms with Crippen molar-refractivity contribution in [2.45, 2.75) is 46.6 Å². The van der Waals surface area contributed by atoms with Gasteiger partial charge in [-0.1, -0.05) is 32.9 Å². The molecule has 0 saturated heterocycles. The fraction of sp³-hybridized carbons (Fsp3) is 0.350. The molecule has 2 aromatic carbocycles. The van der Waals surface area contributed by atoms with Crippen LogP contribution in [0.5, 0.6) is 17.2 Å². The fourth-order valence-corrected chi connectivity index (χ4v) is 2.60. The molecule has 0 aromatic heterocycles. The molecule has 2 aromatic rings. The summed E-state index contributed by atoms with van der Waals surface area (Å²) >= 11 is 0. The Kier molecular flexibility index (Phi) is 4.97. The van der Waals surface area contributed by atoms with Gasteiger partial charge in [0.1, 0.15) is 6.61 Å². The molecule has 0 aliphatic rings. The summed E-state index contributed by atoms with van der Waals surface area (Å²) in [6.07, 6.45) is 0. The number of aromatic hydroxyl groups is 3. The average molecular weight is 344 g/mol. The number of carbonyl (C=O) groups excluding carboxylic acids is 1. The largest absolute Gasteiger partial charge is 0.504 e. The molecule has 0 atom stereocenters. The highest BCUT2D eigenvalue weighted by atomic mass is 16.5. The normalized spacial score (nSPS) is 11.4. The number of carbonyl (C=O) groups is 1. The number of benzene rings is 2. The van der Waals surface area contributed by atoms with Crippen LogP contribution in [-0.4, -0.2) is 21.3 Å². The summed E-state index contributed by atoms with van der Waals surface area (Å²) in [4.78, 5) is 12.2. The van der Waals surface area contributed by atoms with E-state index in [2.05, 4.69) is 32.9 Å². The number of phenols is 3. The summed E-state index contributed by atoms with van der Waals surface area (Å²) in [6, 6.07) is 6.29. The zero-order valence-corrected chi connectivity index (χ0v) is 15.2. The van der Waals surface area contributed by atoms with E-state index in [1.54, 1.807) is 0 Å². The first-order valence-corrected chi connectivity index (χ1v) is 8.03.